The van der Waals surface area contributed by atoms with Crippen molar-refractivity contribution >= 4 is 11.4 Å². The highest BCUT2D eigenvalue weighted by Gasteiger charge is 2.34. The summed E-state index contributed by atoms with van der Waals surface area (Å²) in [5, 5.41) is 11.2. The SMILES string of the molecule is CNc1cc(C#N)c(C(F)(F)F)cc1N. The molecule has 1 rings (SSSR count). The van der Waals surface area contributed by atoms with E-state index in [1.807, 2.05) is 0 Å². The molecular formula is C9H8F3N3. The smallest absolute Gasteiger partial charge is 0.397 e. The summed E-state index contributed by atoms with van der Waals surface area (Å²) in [4.78, 5) is 0. The third-order valence-electron chi connectivity index (χ3n) is 1.88. The van der Waals surface area contributed by atoms with E-state index in [4.69, 9.17) is 11.0 Å². The molecule has 0 fully saturated rings. The highest BCUT2D eigenvalue weighted by molar-refractivity contribution is 5.70. The lowest BCUT2D eigenvalue weighted by molar-refractivity contribution is -0.137. The zero-order chi connectivity index (χ0) is 11.6. The number of hydrogen-bond donors (Lipinski definition) is 2. The second-order valence-electron chi connectivity index (χ2n) is 2.84. The largest absolute Gasteiger partial charge is 0.417 e. The van der Waals surface area contributed by atoms with Crippen molar-refractivity contribution in [2.75, 3.05) is 18.1 Å². The van der Waals surface area contributed by atoms with E-state index in [-0.39, 0.29) is 5.69 Å². The molecule has 0 radical (unpaired) electrons. The second-order valence-corrected chi connectivity index (χ2v) is 2.84. The summed E-state index contributed by atoms with van der Waals surface area (Å²) in [6.07, 6.45) is -4.56. The number of nitrogens with zero attached hydrogens (tertiary/aromatic N) is 1. The topological polar surface area (TPSA) is 61.8 Å². The zero-order valence-corrected chi connectivity index (χ0v) is 7.81. The number of hydrogen-bond acceptors (Lipinski definition) is 3. The van der Waals surface area contributed by atoms with Crippen LogP contribution >= 0.6 is 0 Å². The summed E-state index contributed by atoms with van der Waals surface area (Å²) in [5.41, 5.74) is 4.19. The van der Waals surface area contributed by atoms with Crippen LogP contribution in [0, 0.1) is 11.3 Å². The van der Waals surface area contributed by atoms with Gasteiger partial charge in [0.05, 0.1) is 28.6 Å². The first-order valence-electron chi connectivity index (χ1n) is 3.98. The fourth-order valence-electron chi connectivity index (χ4n) is 1.16. The first kappa shape index (κ1) is 11.2. The Labute approximate surface area is 84.3 Å². The van der Waals surface area contributed by atoms with Crippen molar-refractivity contribution in [2.24, 2.45) is 0 Å². The molecule has 3 N–H and O–H groups in total. The van der Waals surface area contributed by atoms with Crippen LogP contribution in [0.4, 0.5) is 24.5 Å². The fraction of sp³-hybridized carbons (Fsp3) is 0.222. The molecule has 6 heteroatoms. The van der Waals surface area contributed by atoms with E-state index in [9.17, 15) is 13.2 Å². The molecule has 0 amide bonds. The van der Waals surface area contributed by atoms with E-state index in [0.29, 0.717) is 5.69 Å². The van der Waals surface area contributed by atoms with E-state index < -0.39 is 17.3 Å². The third-order valence-corrected chi connectivity index (χ3v) is 1.88. The van der Waals surface area contributed by atoms with Crippen molar-refractivity contribution in [2.45, 2.75) is 6.18 Å². The van der Waals surface area contributed by atoms with E-state index in [1.54, 1.807) is 0 Å². The van der Waals surface area contributed by atoms with Gasteiger partial charge in [-0.3, -0.25) is 0 Å². The number of anilines is 2. The molecule has 3 nitrogen and oxygen atoms in total. The minimum Gasteiger partial charge on any atom is -0.397 e. The molecule has 0 aromatic heterocycles. The Bertz CT molecular complexity index is 418. The van der Waals surface area contributed by atoms with Crippen LogP contribution in [-0.4, -0.2) is 7.05 Å². The number of rotatable bonds is 1. The third kappa shape index (κ3) is 2.13. The van der Waals surface area contributed by atoms with Gasteiger partial charge in [-0.25, -0.2) is 0 Å². The van der Waals surface area contributed by atoms with Gasteiger partial charge < -0.3 is 11.1 Å². The molecule has 15 heavy (non-hydrogen) atoms. The number of benzene rings is 1. The molecule has 0 heterocycles. The molecule has 0 bridgehead atoms. The Hall–Kier alpha value is -1.90. The quantitative estimate of drug-likeness (QED) is 0.706. The average Bonchev–Trinajstić information content (AvgIpc) is 2.16. The van der Waals surface area contributed by atoms with Crippen LogP contribution in [0.2, 0.25) is 0 Å². The van der Waals surface area contributed by atoms with E-state index in [2.05, 4.69) is 5.32 Å². The molecule has 0 spiro atoms. The molecule has 0 aliphatic heterocycles. The number of alkyl halides is 3. The van der Waals surface area contributed by atoms with Crippen LogP contribution in [0.15, 0.2) is 12.1 Å². The molecule has 1 aromatic rings. The normalized spacial score (nSPS) is 10.9. The van der Waals surface area contributed by atoms with Crippen molar-refractivity contribution in [1.82, 2.24) is 0 Å². The predicted octanol–water partition coefficient (Wildman–Crippen LogP) is 2.20. The van der Waals surface area contributed by atoms with Crippen molar-refractivity contribution < 1.29 is 13.2 Å². The molecule has 0 saturated heterocycles. The van der Waals surface area contributed by atoms with Crippen LogP contribution in [0.25, 0.3) is 0 Å². The molecule has 1 aromatic carbocycles. The Morgan fingerprint density at radius 1 is 1.40 bits per heavy atom. The lowest BCUT2D eigenvalue weighted by Crippen LogP contribution is -2.10. The lowest BCUT2D eigenvalue weighted by atomic mass is 10.1. The Balaban J connectivity index is 3.43. The Kier molecular flexibility index (Phi) is 2.75. The minimum absolute atomic E-state index is 0.0381. The van der Waals surface area contributed by atoms with Gasteiger partial charge in [0.2, 0.25) is 0 Å². The number of nitrogens with one attached hydrogen (secondary N) is 1. The molecule has 0 saturated carbocycles. The first-order valence-corrected chi connectivity index (χ1v) is 3.98. The molecule has 0 aliphatic rings. The van der Waals surface area contributed by atoms with Gasteiger partial charge in [-0.2, -0.15) is 18.4 Å². The standard InChI is InChI=1S/C9H8F3N3/c1-15-8-2-5(4-13)6(3-7(8)14)9(10,11)12/h2-3,15H,14H2,1H3. The second kappa shape index (κ2) is 3.69. The molecule has 0 atom stereocenters. The van der Waals surface area contributed by atoms with Crippen molar-refractivity contribution in [3.05, 3.63) is 23.3 Å². The van der Waals surface area contributed by atoms with Gasteiger partial charge in [-0.05, 0) is 12.1 Å². The molecule has 0 unspecified atom stereocenters. The van der Waals surface area contributed by atoms with Crippen molar-refractivity contribution in [3.63, 3.8) is 0 Å². The fourth-order valence-corrected chi connectivity index (χ4v) is 1.16. The number of nitrogen functional groups attached to an aromatic ring is 1. The van der Waals surface area contributed by atoms with E-state index in [0.717, 1.165) is 12.1 Å². The van der Waals surface area contributed by atoms with Crippen LogP contribution < -0.4 is 11.1 Å². The minimum atomic E-state index is -4.56. The summed E-state index contributed by atoms with van der Waals surface area (Å²) in [6.45, 7) is 0. The summed E-state index contributed by atoms with van der Waals surface area (Å²) in [7, 11) is 1.51. The maximum absolute atomic E-state index is 12.4. The number of nitrogens with two attached hydrogens (primary N) is 1. The van der Waals surface area contributed by atoms with Gasteiger partial charge in [0.15, 0.2) is 0 Å². The van der Waals surface area contributed by atoms with Gasteiger partial charge in [-0.15, -0.1) is 0 Å². The van der Waals surface area contributed by atoms with E-state index >= 15 is 0 Å². The van der Waals surface area contributed by atoms with Gasteiger partial charge >= 0.3 is 6.18 Å². The summed E-state index contributed by atoms with van der Waals surface area (Å²) >= 11 is 0. The zero-order valence-electron chi connectivity index (χ0n) is 7.81. The van der Waals surface area contributed by atoms with Crippen molar-refractivity contribution in [1.29, 1.82) is 5.26 Å². The highest BCUT2D eigenvalue weighted by Crippen LogP contribution is 2.35. The van der Waals surface area contributed by atoms with Gasteiger partial charge in [0, 0.05) is 7.05 Å². The average molecular weight is 215 g/mol. The molecule has 80 valence electrons. The molecule has 0 aliphatic carbocycles. The summed E-state index contributed by atoms with van der Waals surface area (Å²) in [5.74, 6) is 0. The summed E-state index contributed by atoms with van der Waals surface area (Å²) in [6, 6.07) is 3.32. The Morgan fingerprint density at radius 2 is 2.00 bits per heavy atom. The van der Waals surface area contributed by atoms with Crippen LogP contribution in [0.5, 0.6) is 0 Å². The highest BCUT2D eigenvalue weighted by atomic mass is 19.4. The number of nitriles is 1. The van der Waals surface area contributed by atoms with Crippen molar-refractivity contribution in [3.8, 4) is 6.07 Å². The van der Waals surface area contributed by atoms with E-state index in [1.165, 1.54) is 13.1 Å². The van der Waals surface area contributed by atoms with Gasteiger partial charge in [0.25, 0.3) is 0 Å². The first-order chi connectivity index (χ1) is 6.90. The maximum Gasteiger partial charge on any atom is 0.417 e. The number of halogens is 3. The summed E-state index contributed by atoms with van der Waals surface area (Å²) < 4.78 is 37.3. The van der Waals surface area contributed by atoms with Gasteiger partial charge in [-0.1, -0.05) is 0 Å². The monoisotopic (exact) mass is 215 g/mol. The Morgan fingerprint density at radius 3 is 2.40 bits per heavy atom. The van der Waals surface area contributed by atoms with Crippen LogP contribution in [0.3, 0.4) is 0 Å². The van der Waals surface area contributed by atoms with Gasteiger partial charge in [0.1, 0.15) is 0 Å². The van der Waals surface area contributed by atoms with Crippen LogP contribution in [0.1, 0.15) is 11.1 Å². The lowest BCUT2D eigenvalue weighted by Gasteiger charge is -2.12. The van der Waals surface area contributed by atoms with Crippen LogP contribution in [-0.2, 0) is 6.18 Å². The maximum atomic E-state index is 12.4. The predicted molar refractivity (Wildman–Crippen MR) is 50.1 cm³/mol. The molecular weight excluding hydrogens is 207 g/mol.